The number of nitrogens with zero attached hydrogens (tertiary/aromatic N) is 4. The highest BCUT2D eigenvalue weighted by molar-refractivity contribution is 5.94. The number of carboxylic acids is 1. The molecular formula is C31H36N4O4. The molecule has 2 aliphatic heterocycles. The first-order valence-electron chi connectivity index (χ1n) is 13.9. The minimum Gasteiger partial charge on any atom is -0.493 e. The van der Waals surface area contributed by atoms with Gasteiger partial charge in [0.25, 0.3) is 0 Å². The number of carboxylic acid groups (broad SMARTS) is 1. The Kier molecular flexibility index (Phi) is 8.51. The summed E-state index contributed by atoms with van der Waals surface area (Å²) >= 11 is 0. The second kappa shape index (κ2) is 12.4. The molecule has 204 valence electrons. The maximum atomic E-state index is 13.8. The number of aryl methyl sites for hydroxylation is 1. The van der Waals surface area contributed by atoms with Crippen LogP contribution in [0.2, 0.25) is 0 Å². The van der Waals surface area contributed by atoms with Crippen molar-refractivity contribution in [1.29, 1.82) is 0 Å². The van der Waals surface area contributed by atoms with Crippen molar-refractivity contribution in [2.24, 2.45) is 5.92 Å². The lowest BCUT2D eigenvalue weighted by Gasteiger charge is -2.29. The van der Waals surface area contributed by atoms with Gasteiger partial charge in [-0.15, -0.1) is 0 Å². The van der Waals surface area contributed by atoms with Gasteiger partial charge in [-0.2, -0.15) is 0 Å². The number of aliphatic carboxylic acids is 1. The third-order valence-electron chi connectivity index (χ3n) is 7.93. The van der Waals surface area contributed by atoms with Gasteiger partial charge in [0.15, 0.2) is 0 Å². The van der Waals surface area contributed by atoms with Crippen molar-refractivity contribution in [2.45, 2.75) is 51.0 Å². The molecule has 1 aromatic carbocycles. The Labute approximate surface area is 229 Å². The van der Waals surface area contributed by atoms with Crippen LogP contribution in [0.5, 0.6) is 5.75 Å². The van der Waals surface area contributed by atoms with E-state index in [0.29, 0.717) is 32.5 Å². The van der Waals surface area contributed by atoms with Crippen LogP contribution in [-0.4, -0.2) is 64.1 Å². The second-order valence-corrected chi connectivity index (χ2v) is 10.4. The molecule has 3 atom stereocenters. The summed E-state index contributed by atoms with van der Waals surface area (Å²) in [6, 6.07) is 15.3. The first-order chi connectivity index (χ1) is 19.0. The average molecular weight is 529 g/mol. The van der Waals surface area contributed by atoms with E-state index in [0.717, 1.165) is 47.5 Å². The van der Waals surface area contributed by atoms with Gasteiger partial charge in [0.2, 0.25) is 5.91 Å². The number of benzene rings is 1. The highest BCUT2D eigenvalue weighted by Gasteiger charge is 2.47. The molecule has 8 heteroatoms. The van der Waals surface area contributed by atoms with Crippen molar-refractivity contribution in [3.8, 4) is 5.75 Å². The summed E-state index contributed by atoms with van der Waals surface area (Å²) < 4.78 is 5.68. The monoisotopic (exact) mass is 528 g/mol. The number of fused-ring (bicyclic) bond motifs is 1. The number of ether oxygens (including phenoxy) is 1. The summed E-state index contributed by atoms with van der Waals surface area (Å²) in [6.07, 6.45) is 9.09. The molecule has 4 heterocycles. The van der Waals surface area contributed by atoms with E-state index >= 15 is 0 Å². The molecule has 0 saturated carbocycles. The molecule has 2 aliphatic rings. The zero-order valence-electron chi connectivity index (χ0n) is 22.4. The van der Waals surface area contributed by atoms with E-state index in [9.17, 15) is 14.7 Å². The molecule has 1 amide bonds. The van der Waals surface area contributed by atoms with Gasteiger partial charge in [0.05, 0.1) is 31.0 Å². The first kappa shape index (κ1) is 26.8. The van der Waals surface area contributed by atoms with Crippen LogP contribution < -0.4 is 9.64 Å². The van der Waals surface area contributed by atoms with Gasteiger partial charge in [0, 0.05) is 49.6 Å². The molecular weight excluding hydrogens is 492 g/mol. The van der Waals surface area contributed by atoms with Crippen LogP contribution >= 0.6 is 0 Å². The van der Waals surface area contributed by atoms with Crippen LogP contribution in [0.15, 0.2) is 67.1 Å². The number of pyridine rings is 2. The number of aromatic nitrogens is 2. The smallest absolute Gasteiger partial charge is 0.308 e. The molecule has 1 saturated heterocycles. The number of amides is 1. The van der Waals surface area contributed by atoms with Gasteiger partial charge in [-0.25, -0.2) is 0 Å². The van der Waals surface area contributed by atoms with Gasteiger partial charge in [-0.05, 0) is 60.7 Å². The van der Waals surface area contributed by atoms with Gasteiger partial charge in [0.1, 0.15) is 5.75 Å². The largest absolute Gasteiger partial charge is 0.493 e. The molecule has 1 fully saturated rings. The minimum atomic E-state index is -0.826. The lowest BCUT2D eigenvalue weighted by Crippen LogP contribution is -2.44. The summed E-state index contributed by atoms with van der Waals surface area (Å²) in [7, 11) is 0. The van der Waals surface area contributed by atoms with Crippen LogP contribution in [0.25, 0.3) is 0 Å². The Hall–Kier alpha value is -3.78. The lowest BCUT2D eigenvalue weighted by atomic mass is 9.83. The molecule has 2 aromatic heterocycles. The number of carbonyl (C=O) groups is 2. The first-order valence-corrected chi connectivity index (χ1v) is 13.9. The van der Waals surface area contributed by atoms with Crippen LogP contribution in [0, 0.1) is 5.92 Å². The Balaban J connectivity index is 1.43. The predicted octanol–water partition coefficient (Wildman–Crippen LogP) is 4.35. The van der Waals surface area contributed by atoms with Crippen molar-refractivity contribution < 1.29 is 19.4 Å². The Morgan fingerprint density at radius 2 is 2.05 bits per heavy atom. The highest BCUT2D eigenvalue weighted by Crippen LogP contribution is 2.41. The fraction of sp³-hybridized carbons (Fsp3) is 0.419. The molecule has 1 unspecified atom stereocenters. The lowest BCUT2D eigenvalue weighted by molar-refractivity contribution is -0.143. The van der Waals surface area contributed by atoms with Crippen molar-refractivity contribution >= 4 is 17.6 Å². The van der Waals surface area contributed by atoms with Crippen molar-refractivity contribution in [3.63, 3.8) is 0 Å². The normalized spacial score (nSPS) is 20.4. The van der Waals surface area contributed by atoms with Crippen molar-refractivity contribution in [3.05, 3.63) is 83.9 Å². The number of anilines is 1. The molecule has 0 radical (unpaired) electrons. The number of hydrogen-bond donors (Lipinski definition) is 1. The molecule has 3 aromatic rings. The van der Waals surface area contributed by atoms with E-state index in [-0.39, 0.29) is 24.4 Å². The summed E-state index contributed by atoms with van der Waals surface area (Å²) in [5, 5.41) is 10.5. The zero-order chi connectivity index (χ0) is 27.2. The van der Waals surface area contributed by atoms with Gasteiger partial charge in [-0.1, -0.05) is 31.5 Å². The molecule has 0 aliphatic carbocycles. The number of carbonyl (C=O) groups excluding carboxylic acids is 1. The van der Waals surface area contributed by atoms with Crippen LogP contribution in [0.4, 0.5) is 5.69 Å². The Morgan fingerprint density at radius 1 is 1.15 bits per heavy atom. The molecule has 0 bridgehead atoms. The van der Waals surface area contributed by atoms with E-state index in [1.165, 1.54) is 0 Å². The number of hydrogen-bond acceptors (Lipinski definition) is 6. The predicted molar refractivity (Wildman–Crippen MR) is 149 cm³/mol. The number of rotatable bonds is 11. The third-order valence-corrected chi connectivity index (χ3v) is 7.93. The van der Waals surface area contributed by atoms with Crippen LogP contribution in [0.1, 0.15) is 48.9 Å². The van der Waals surface area contributed by atoms with E-state index < -0.39 is 11.9 Å². The van der Waals surface area contributed by atoms with Crippen LogP contribution in [-0.2, 0) is 22.4 Å². The van der Waals surface area contributed by atoms with E-state index in [4.69, 9.17) is 4.74 Å². The SMILES string of the molecule is CCCCN(C(=O)CN1C[C@H](c2ccc3c(c2)CCO3)C(C(=O)O)[C@@H]1CCc1ccccn1)c1cccnc1. The maximum absolute atomic E-state index is 13.8. The standard InChI is InChI=1S/C31H36N4O4/c1-2-3-16-35(25-8-6-14-32-19-25)29(36)21-34-20-26(22-9-12-28-23(18-22)13-17-39-28)30(31(37)38)27(34)11-10-24-7-4-5-15-33-24/h4-9,12,14-15,18-19,26-27,30H,2-3,10-11,13,16-17,20-21H2,1H3,(H,37,38)/t26-,27+,30?/m1/s1. The molecule has 1 N–H and O–H groups in total. The molecule has 0 spiro atoms. The second-order valence-electron chi connectivity index (χ2n) is 10.4. The summed E-state index contributed by atoms with van der Waals surface area (Å²) in [5.41, 5.74) is 3.81. The Bertz CT molecular complexity index is 1270. The summed E-state index contributed by atoms with van der Waals surface area (Å²) in [4.78, 5) is 39.1. The van der Waals surface area contributed by atoms with Gasteiger partial charge < -0.3 is 14.7 Å². The molecule has 39 heavy (non-hydrogen) atoms. The van der Waals surface area contributed by atoms with Crippen LogP contribution in [0.3, 0.4) is 0 Å². The average Bonchev–Trinajstić information content (AvgIpc) is 3.57. The van der Waals surface area contributed by atoms with Gasteiger partial charge in [-0.3, -0.25) is 24.5 Å². The van der Waals surface area contributed by atoms with E-state index in [2.05, 4.69) is 27.9 Å². The fourth-order valence-corrected chi connectivity index (χ4v) is 5.96. The summed E-state index contributed by atoms with van der Waals surface area (Å²) in [6.45, 7) is 4.01. The van der Waals surface area contributed by atoms with Gasteiger partial charge >= 0.3 is 5.97 Å². The maximum Gasteiger partial charge on any atom is 0.308 e. The van der Waals surface area contributed by atoms with Crippen molar-refractivity contribution in [1.82, 2.24) is 14.9 Å². The third kappa shape index (κ3) is 6.11. The Morgan fingerprint density at radius 3 is 2.79 bits per heavy atom. The zero-order valence-corrected chi connectivity index (χ0v) is 22.4. The van der Waals surface area contributed by atoms with E-state index in [1.54, 1.807) is 23.5 Å². The highest BCUT2D eigenvalue weighted by atomic mass is 16.5. The molecule has 8 nitrogen and oxygen atoms in total. The quantitative estimate of drug-likeness (QED) is 0.395. The minimum absolute atomic E-state index is 0.0357. The topological polar surface area (TPSA) is 95.9 Å². The number of likely N-dealkylation sites (tertiary alicyclic amines) is 1. The molecule has 5 rings (SSSR count). The van der Waals surface area contributed by atoms with E-state index in [1.807, 2.05) is 42.5 Å². The fourth-order valence-electron chi connectivity index (χ4n) is 5.96. The van der Waals surface area contributed by atoms with Crippen molar-refractivity contribution in [2.75, 3.05) is 31.1 Å². The number of unbranched alkanes of at least 4 members (excludes halogenated alkanes) is 1. The summed E-state index contributed by atoms with van der Waals surface area (Å²) in [5.74, 6) is -0.841.